The Bertz CT molecular complexity index is 541. The molecule has 1 aromatic rings. The van der Waals surface area contributed by atoms with Gasteiger partial charge >= 0.3 is 6.09 Å². The molecule has 22 heavy (non-hydrogen) atoms. The van der Waals surface area contributed by atoms with Crippen LogP contribution in [0, 0.1) is 0 Å². The van der Waals surface area contributed by atoms with Crippen molar-refractivity contribution in [3.8, 4) is 0 Å². The summed E-state index contributed by atoms with van der Waals surface area (Å²) >= 11 is 3.29. The van der Waals surface area contributed by atoms with Gasteiger partial charge in [0, 0.05) is 11.6 Å². The van der Waals surface area contributed by atoms with Gasteiger partial charge in [-0.05, 0) is 62.7 Å². The Morgan fingerprint density at radius 1 is 1.36 bits per heavy atom. The highest BCUT2D eigenvalue weighted by Gasteiger charge is 2.29. The van der Waals surface area contributed by atoms with Crippen LogP contribution < -0.4 is 10.2 Å². The first kappa shape index (κ1) is 18.4. The first-order valence-electron chi connectivity index (χ1n) is 7.00. The standard InChI is InChI=1S/C15H22BrN3O3/c1-10(2)17-14(21)22-9-13(20)19(15(3,4)5)12-8-6-7-11(16)18-12/h6-8,10H,9H2,1-5H3,(H,17,21). The molecule has 1 aromatic heterocycles. The van der Waals surface area contributed by atoms with E-state index in [2.05, 4.69) is 26.2 Å². The van der Waals surface area contributed by atoms with Crippen LogP contribution in [0.5, 0.6) is 0 Å². The number of halogens is 1. The number of nitrogens with zero attached hydrogens (tertiary/aromatic N) is 2. The average molecular weight is 372 g/mol. The summed E-state index contributed by atoms with van der Waals surface area (Å²) < 4.78 is 5.59. The fraction of sp³-hybridized carbons (Fsp3) is 0.533. The maximum absolute atomic E-state index is 12.5. The van der Waals surface area contributed by atoms with Crippen LogP contribution in [0.25, 0.3) is 0 Å². The topological polar surface area (TPSA) is 71.5 Å². The monoisotopic (exact) mass is 371 g/mol. The number of pyridine rings is 1. The molecule has 7 heteroatoms. The zero-order valence-corrected chi connectivity index (χ0v) is 15.1. The Morgan fingerprint density at radius 2 is 2.00 bits per heavy atom. The number of alkyl carbamates (subject to hydrolysis) is 1. The Labute approximate surface area is 139 Å². The predicted octanol–water partition coefficient (Wildman–Crippen LogP) is 3.11. The molecule has 0 saturated carbocycles. The first-order valence-corrected chi connectivity index (χ1v) is 7.79. The molecule has 0 bridgehead atoms. The minimum atomic E-state index is -0.612. The number of hydrogen-bond acceptors (Lipinski definition) is 4. The number of rotatable bonds is 4. The van der Waals surface area contributed by atoms with E-state index in [0.717, 1.165) is 0 Å². The highest BCUT2D eigenvalue weighted by Crippen LogP contribution is 2.23. The van der Waals surface area contributed by atoms with E-state index in [4.69, 9.17) is 4.74 Å². The Balaban J connectivity index is 2.85. The Morgan fingerprint density at radius 3 is 2.50 bits per heavy atom. The van der Waals surface area contributed by atoms with E-state index in [0.29, 0.717) is 10.4 Å². The molecule has 0 fully saturated rings. The molecule has 0 spiro atoms. The molecule has 0 atom stereocenters. The van der Waals surface area contributed by atoms with Crippen molar-refractivity contribution in [2.75, 3.05) is 11.5 Å². The van der Waals surface area contributed by atoms with E-state index < -0.39 is 11.6 Å². The van der Waals surface area contributed by atoms with E-state index in [1.165, 1.54) is 4.90 Å². The lowest BCUT2D eigenvalue weighted by atomic mass is 10.1. The van der Waals surface area contributed by atoms with Gasteiger partial charge in [0.2, 0.25) is 0 Å². The molecule has 0 aliphatic heterocycles. The summed E-state index contributed by atoms with van der Waals surface area (Å²) in [6, 6.07) is 5.27. The van der Waals surface area contributed by atoms with Crippen LogP contribution in [0.15, 0.2) is 22.8 Å². The molecule has 0 saturated heterocycles. The zero-order valence-electron chi connectivity index (χ0n) is 13.5. The Kier molecular flexibility index (Phi) is 6.34. The smallest absolute Gasteiger partial charge is 0.407 e. The summed E-state index contributed by atoms with van der Waals surface area (Å²) in [4.78, 5) is 29.8. The SMILES string of the molecule is CC(C)NC(=O)OCC(=O)N(c1cccc(Br)n1)C(C)(C)C. The minimum Gasteiger partial charge on any atom is -0.439 e. The second kappa shape index (κ2) is 7.58. The molecule has 6 nitrogen and oxygen atoms in total. The summed E-state index contributed by atoms with van der Waals surface area (Å²) in [6.45, 7) is 8.96. The quantitative estimate of drug-likeness (QED) is 0.825. The molecule has 0 aliphatic carbocycles. The predicted molar refractivity (Wildman–Crippen MR) is 88.8 cm³/mol. The second-order valence-electron chi connectivity index (χ2n) is 6.09. The maximum Gasteiger partial charge on any atom is 0.407 e. The van der Waals surface area contributed by atoms with Crippen LogP contribution in [-0.4, -0.2) is 35.2 Å². The summed E-state index contributed by atoms with van der Waals surface area (Å²) in [7, 11) is 0. The summed E-state index contributed by atoms with van der Waals surface area (Å²) in [5.74, 6) is 0.164. The van der Waals surface area contributed by atoms with Crippen LogP contribution in [0.3, 0.4) is 0 Å². The number of hydrogen-bond donors (Lipinski definition) is 1. The van der Waals surface area contributed by atoms with Crippen molar-refractivity contribution in [3.05, 3.63) is 22.8 Å². The van der Waals surface area contributed by atoms with Gasteiger partial charge in [0.25, 0.3) is 5.91 Å². The van der Waals surface area contributed by atoms with Gasteiger partial charge in [0.1, 0.15) is 10.4 Å². The van der Waals surface area contributed by atoms with E-state index in [9.17, 15) is 9.59 Å². The number of carbonyl (C=O) groups is 2. The molecule has 2 amide bonds. The summed E-state index contributed by atoms with van der Waals surface area (Å²) in [5, 5.41) is 2.57. The summed E-state index contributed by atoms with van der Waals surface area (Å²) in [6.07, 6.45) is -0.612. The molecule has 0 aliphatic rings. The van der Waals surface area contributed by atoms with Gasteiger partial charge in [-0.2, -0.15) is 0 Å². The third kappa shape index (κ3) is 5.63. The van der Waals surface area contributed by atoms with Gasteiger partial charge < -0.3 is 10.1 Å². The van der Waals surface area contributed by atoms with Crippen LogP contribution in [0.4, 0.5) is 10.6 Å². The van der Waals surface area contributed by atoms with Gasteiger partial charge in [0.15, 0.2) is 6.61 Å². The number of nitrogens with one attached hydrogen (secondary N) is 1. The number of anilines is 1. The summed E-state index contributed by atoms with van der Waals surface area (Å²) in [5.41, 5.74) is -0.497. The largest absolute Gasteiger partial charge is 0.439 e. The van der Waals surface area contributed by atoms with Crippen molar-refractivity contribution >= 4 is 33.7 Å². The van der Waals surface area contributed by atoms with Crippen molar-refractivity contribution < 1.29 is 14.3 Å². The molecule has 1 heterocycles. The second-order valence-corrected chi connectivity index (χ2v) is 6.91. The lowest BCUT2D eigenvalue weighted by molar-refractivity contribution is -0.122. The third-order valence-corrected chi connectivity index (χ3v) is 3.02. The van der Waals surface area contributed by atoms with Crippen LogP contribution in [-0.2, 0) is 9.53 Å². The van der Waals surface area contributed by atoms with E-state index in [1.54, 1.807) is 18.2 Å². The number of amides is 2. The Hall–Kier alpha value is -1.63. The molecule has 1 rings (SSSR count). The van der Waals surface area contributed by atoms with Crippen molar-refractivity contribution in [1.82, 2.24) is 10.3 Å². The fourth-order valence-corrected chi connectivity index (χ4v) is 2.17. The maximum atomic E-state index is 12.5. The normalized spacial score (nSPS) is 11.2. The fourth-order valence-electron chi connectivity index (χ4n) is 1.84. The van der Waals surface area contributed by atoms with E-state index in [-0.39, 0.29) is 18.6 Å². The molecular weight excluding hydrogens is 350 g/mol. The highest BCUT2D eigenvalue weighted by atomic mass is 79.9. The molecule has 122 valence electrons. The van der Waals surface area contributed by atoms with Gasteiger partial charge in [-0.25, -0.2) is 9.78 Å². The van der Waals surface area contributed by atoms with Gasteiger partial charge in [-0.15, -0.1) is 0 Å². The zero-order chi connectivity index (χ0) is 16.9. The number of ether oxygens (including phenoxy) is 1. The van der Waals surface area contributed by atoms with Crippen molar-refractivity contribution in [3.63, 3.8) is 0 Å². The van der Waals surface area contributed by atoms with Crippen LogP contribution in [0.2, 0.25) is 0 Å². The average Bonchev–Trinajstić information content (AvgIpc) is 2.34. The molecule has 1 N–H and O–H groups in total. The lowest BCUT2D eigenvalue weighted by Crippen LogP contribution is -2.48. The van der Waals surface area contributed by atoms with Crippen molar-refractivity contribution in [2.45, 2.75) is 46.2 Å². The van der Waals surface area contributed by atoms with Gasteiger partial charge in [-0.3, -0.25) is 9.69 Å². The van der Waals surface area contributed by atoms with Gasteiger partial charge in [0.05, 0.1) is 0 Å². The first-order chi connectivity index (χ1) is 10.1. The number of carbonyl (C=O) groups excluding carboxylic acids is 2. The van der Waals surface area contributed by atoms with Crippen LogP contribution in [0.1, 0.15) is 34.6 Å². The third-order valence-electron chi connectivity index (χ3n) is 2.58. The molecule has 0 unspecified atom stereocenters. The van der Waals surface area contributed by atoms with Crippen molar-refractivity contribution in [2.24, 2.45) is 0 Å². The van der Waals surface area contributed by atoms with Crippen molar-refractivity contribution in [1.29, 1.82) is 0 Å². The molecule has 0 aromatic carbocycles. The number of aromatic nitrogens is 1. The molecular formula is C15H22BrN3O3. The lowest BCUT2D eigenvalue weighted by Gasteiger charge is -2.34. The molecule has 0 radical (unpaired) electrons. The minimum absolute atomic E-state index is 0.0481. The van der Waals surface area contributed by atoms with Gasteiger partial charge in [-0.1, -0.05) is 6.07 Å². The highest BCUT2D eigenvalue weighted by molar-refractivity contribution is 9.10. The van der Waals surface area contributed by atoms with Crippen LogP contribution >= 0.6 is 15.9 Å². The van der Waals surface area contributed by atoms with E-state index in [1.807, 2.05) is 34.6 Å². The van der Waals surface area contributed by atoms with E-state index >= 15 is 0 Å².